The van der Waals surface area contributed by atoms with E-state index in [1.54, 1.807) is 0 Å². The fraction of sp³-hybridized carbons (Fsp3) is 0.455. The molecule has 0 amide bonds. The molecule has 0 spiro atoms. The summed E-state index contributed by atoms with van der Waals surface area (Å²) in [4.78, 5) is 0. The largest absolute Gasteiger partial charge is 0.329 e. The summed E-state index contributed by atoms with van der Waals surface area (Å²) in [7, 11) is 0. The Morgan fingerprint density at radius 2 is 1.77 bits per heavy atom. The van der Waals surface area contributed by atoms with Crippen molar-refractivity contribution in [3.8, 4) is 0 Å². The summed E-state index contributed by atoms with van der Waals surface area (Å²) in [5, 5.41) is 0. The molecule has 2 rings (SSSR count). The molecule has 0 aromatic heterocycles. The summed E-state index contributed by atoms with van der Waals surface area (Å²) in [6.07, 6.45) is 2.21. The maximum Gasteiger partial charge on any atom is 0.0198 e. The maximum atomic E-state index is 5.93. The Kier molecular flexibility index (Phi) is 2.34. The topological polar surface area (TPSA) is 52.0 Å². The Morgan fingerprint density at radius 1 is 1.23 bits per heavy atom. The Bertz CT molecular complexity index is 271. The van der Waals surface area contributed by atoms with E-state index >= 15 is 0 Å². The lowest BCUT2D eigenvalue weighted by atomic mass is 9.98. The van der Waals surface area contributed by atoms with Gasteiger partial charge < -0.3 is 11.5 Å². The average molecular weight is 176 g/mol. The Labute approximate surface area is 78.9 Å². The van der Waals surface area contributed by atoms with Gasteiger partial charge in [-0.05, 0) is 29.9 Å². The molecule has 1 unspecified atom stereocenters. The first kappa shape index (κ1) is 8.73. The molecule has 1 atom stereocenters. The molecular formula is C11H16N2. The standard InChI is InChI=1S/C11H16N2/c12-7-11(13)10-5-8-3-1-2-4-9(8)6-10/h1-4,10-11H,5-7,12-13H2. The van der Waals surface area contributed by atoms with Gasteiger partial charge in [0, 0.05) is 12.6 Å². The van der Waals surface area contributed by atoms with Gasteiger partial charge in [0.15, 0.2) is 0 Å². The van der Waals surface area contributed by atoms with Crippen molar-refractivity contribution < 1.29 is 0 Å². The van der Waals surface area contributed by atoms with E-state index in [9.17, 15) is 0 Å². The highest BCUT2D eigenvalue weighted by Gasteiger charge is 2.24. The molecular weight excluding hydrogens is 160 g/mol. The first-order valence-electron chi connectivity index (χ1n) is 4.83. The predicted octanol–water partition coefficient (Wildman–Crippen LogP) is 0.687. The monoisotopic (exact) mass is 176 g/mol. The van der Waals surface area contributed by atoms with Crippen LogP contribution in [0.3, 0.4) is 0 Å². The van der Waals surface area contributed by atoms with E-state index in [2.05, 4.69) is 24.3 Å². The normalized spacial score (nSPS) is 18.6. The number of hydrogen-bond donors (Lipinski definition) is 2. The van der Waals surface area contributed by atoms with E-state index < -0.39 is 0 Å². The molecule has 1 aromatic rings. The van der Waals surface area contributed by atoms with E-state index in [4.69, 9.17) is 11.5 Å². The van der Waals surface area contributed by atoms with Crippen molar-refractivity contribution >= 4 is 0 Å². The Morgan fingerprint density at radius 3 is 2.23 bits per heavy atom. The first-order chi connectivity index (χ1) is 6.31. The van der Waals surface area contributed by atoms with Gasteiger partial charge in [0.25, 0.3) is 0 Å². The van der Waals surface area contributed by atoms with E-state index in [0.717, 1.165) is 12.8 Å². The van der Waals surface area contributed by atoms with Crippen molar-refractivity contribution in [2.45, 2.75) is 18.9 Å². The summed E-state index contributed by atoms with van der Waals surface area (Å²) in [6.45, 7) is 0.596. The summed E-state index contributed by atoms with van der Waals surface area (Å²) in [5.41, 5.74) is 14.4. The minimum Gasteiger partial charge on any atom is -0.329 e. The molecule has 2 heteroatoms. The van der Waals surface area contributed by atoms with Crippen LogP contribution in [0.2, 0.25) is 0 Å². The molecule has 70 valence electrons. The van der Waals surface area contributed by atoms with Gasteiger partial charge in [0.1, 0.15) is 0 Å². The van der Waals surface area contributed by atoms with Crippen LogP contribution in [0, 0.1) is 5.92 Å². The highest BCUT2D eigenvalue weighted by Crippen LogP contribution is 2.27. The van der Waals surface area contributed by atoms with Crippen molar-refractivity contribution in [2.75, 3.05) is 6.54 Å². The van der Waals surface area contributed by atoms with E-state index in [0.29, 0.717) is 12.5 Å². The number of benzene rings is 1. The highest BCUT2D eigenvalue weighted by molar-refractivity contribution is 5.32. The van der Waals surface area contributed by atoms with Gasteiger partial charge >= 0.3 is 0 Å². The number of nitrogens with two attached hydrogens (primary N) is 2. The second kappa shape index (κ2) is 3.48. The molecule has 0 saturated heterocycles. The third-order valence-corrected chi connectivity index (χ3v) is 2.96. The molecule has 0 fully saturated rings. The molecule has 0 radical (unpaired) electrons. The quantitative estimate of drug-likeness (QED) is 0.696. The summed E-state index contributed by atoms with van der Waals surface area (Å²) in [5.74, 6) is 0.558. The maximum absolute atomic E-state index is 5.93. The van der Waals surface area contributed by atoms with Gasteiger partial charge in [-0.1, -0.05) is 24.3 Å². The van der Waals surface area contributed by atoms with Gasteiger partial charge in [-0.15, -0.1) is 0 Å². The average Bonchev–Trinajstić information content (AvgIpc) is 2.59. The summed E-state index contributed by atoms with van der Waals surface area (Å²) in [6, 6.07) is 8.73. The highest BCUT2D eigenvalue weighted by atomic mass is 14.7. The van der Waals surface area contributed by atoms with Crippen LogP contribution in [0.4, 0.5) is 0 Å². The molecule has 13 heavy (non-hydrogen) atoms. The lowest BCUT2D eigenvalue weighted by molar-refractivity contribution is 0.446. The molecule has 0 heterocycles. The lowest BCUT2D eigenvalue weighted by Gasteiger charge is -2.15. The first-order valence-corrected chi connectivity index (χ1v) is 4.83. The molecule has 1 aromatic carbocycles. The SMILES string of the molecule is NCC(N)C1Cc2ccccc2C1. The molecule has 1 aliphatic carbocycles. The van der Waals surface area contributed by atoms with Crippen LogP contribution < -0.4 is 11.5 Å². The Balaban J connectivity index is 2.14. The smallest absolute Gasteiger partial charge is 0.0198 e. The summed E-state index contributed by atoms with van der Waals surface area (Å²) >= 11 is 0. The molecule has 1 aliphatic rings. The van der Waals surface area contributed by atoms with Crippen LogP contribution in [-0.4, -0.2) is 12.6 Å². The lowest BCUT2D eigenvalue weighted by Crippen LogP contribution is -2.37. The summed E-state index contributed by atoms with van der Waals surface area (Å²) < 4.78 is 0. The molecule has 2 nitrogen and oxygen atoms in total. The Hall–Kier alpha value is -0.860. The predicted molar refractivity (Wildman–Crippen MR) is 54.4 cm³/mol. The van der Waals surface area contributed by atoms with Crippen molar-refractivity contribution in [3.05, 3.63) is 35.4 Å². The fourth-order valence-electron chi connectivity index (χ4n) is 2.09. The molecule has 4 N–H and O–H groups in total. The van der Waals surface area contributed by atoms with Gasteiger partial charge in [-0.3, -0.25) is 0 Å². The van der Waals surface area contributed by atoms with E-state index in [1.807, 2.05) is 0 Å². The van der Waals surface area contributed by atoms with Crippen molar-refractivity contribution in [3.63, 3.8) is 0 Å². The minimum atomic E-state index is 0.160. The zero-order chi connectivity index (χ0) is 9.26. The third kappa shape index (κ3) is 1.60. The van der Waals surface area contributed by atoms with Crippen LogP contribution in [0.1, 0.15) is 11.1 Å². The van der Waals surface area contributed by atoms with Crippen LogP contribution in [0.25, 0.3) is 0 Å². The van der Waals surface area contributed by atoms with Gasteiger partial charge in [0.2, 0.25) is 0 Å². The van der Waals surface area contributed by atoms with Crippen LogP contribution in [-0.2, 0) is 12.8 Å². The van der Waals surface area contributed by atoms with Crippen molar-refractivity contribution in [1.29, 1.82) is 0 Å². The van der Waals surface area contributed by atoms with Crippen LogP contribution >= 0.6 is 0 Å². The molecule has 0 aliphatic heterocycles. The van der Waals surface area contributed by atoms with Gasteiger partial charge in [-0.2, -0.15) is 0 Å². The van der Waals surface area contributed by atoms with Crippen molar-refractivity contribution in [2.24, 2.45) is 17.4 Å². The molecule has 0 saturated carbocycles. The second-order valence-corrected chi connectivity index (χ2v) is 3.84. The second-order valence-electron chi connectivity index (χ2n) is 3.84. The van der Waals surface area contributed by atoms with Gasteiger partial charge in [-0.25, -0.2) is 0 Å². The van der Waals surface area contributed by atoms with Crippen molar-refractivity contribution in [1.82, 2.24) is 0 Å². The van der Waals surface area contributed by atoms with E-state index in [-0.39, 0.29) is 6.04 Å². The number of fused-ring (bicyclic) bond motifs is 1. The minimum absolute atomic E-state index is 0.160. The zero-order valence-electron chi connectivity index (χ0n) is 7.74. The zero-order valence-corrected chi connectivity index (χ0v) is 7.74. The van der Waals surface area contributed by atoms with Crippen LogP contribution in [0.15, 0.2) is 24.3 Å². The van der Waals surface area contributed by atoms with E-state index in [1.165, 1.54) is 11.1 Å². The number of hydrogen-bond acceptors (Lipinski definition) is 2. The molecule has 0 bridgehead atoms. The number of rotatable bonds is 2. The third-order valence-electron chi connectivity index (χ3n) is 2.96. The fourth-order valence-corrected chi connectivity index (χ4v) is 2.09. The van der Waals surface area contributed by atoms with Crippen LogP contribution in [0.5, 0.6) is 0 Å². The van der Waals surface area contributed by atoms with Gasteiger partial charge in [0.05, 0.1) is 0 Å².